The third-order valence-electron chi connectivity index (χ3n) is 6.04. The van der Waals surface area contributed by atoms with Crippen LogP contribution in [0.1, 0.15) is 31.7 Å². The number of carbonyl (C=O) groups is 1. The van der Waals surface area contributed by atoms with Crippen LogP contribution in [0.3, 0.4) is 0 Å². The smallest absolute Gasteiger partial charge is 0.411 e. The van der Waals surface area contributed by atoms with Crippen LogP contribution < -0.4 is 20.1 Å². The first-order chi connectivity index (χ1) is 17.1. The van der Waals surface area contributed by atoms with Crippen LogP contribution in [-0.2, 0) is 4.74 Å². The van der Waals surface area contributed by atoms with Gasteiger partial charge in [-0.15, -0.1) is 12.4 Å². The van der Waals surface area contributed by atoms with Crippen molar-refractivity contribution >= 4 is 46.6 Å². The summed E-state index contributed by atoms with van der Waals surface area (Å²) in [5.41, 5.74) is 3.17. The fraction of sp³-hybridized carbons (Fsp3) is 0.423. The van der Waals surface area contributed by atoms with Gasteiger partial charge in [0.15, 0.2) is 11.5 Å². The summed E-state index contributed by atoms with van der Waals surface area (Å²) < 4.78 is 16.7. The third-order valence-corrected chi connectivity index (χ3v) is 6.04. The second kappa shape index (κ2) is 13.1. The zero-order chi connectivity index (χ0) is 24.6. The van der Waals surface area contributed by atoms with E-state index in [2.05, 4.69) is 25.5 Å². The summed E-state index contributed by atoms with van der Waals surface area (Å²) >= 11 is 0. The zero-order valence-corrected chi connectivity index (χ0v) is 21.8. The van der Waals surface area contributed by atoms with Crippen molar-refractivity contribution in [1.29, 1.82) is 0 Å². The number of nitrogens with zero attached hydrogens (tertiary/aromatic N) is 3. The van der Waals surface area contributed by atoms with Crippen molar-refractivity contribution in [2.75, 3.05) is 50.6 Å². The Morgan fingerprint density at radius 3 is 2.61 bits per heavy atom. The molecular weight excluding hydrogens is 482 g/mol. The molecular formula is C26H34ClN5O4. The van der Waals surface area contributed by atoms with Gasteiger partial charge in [-0.25, -0.2) is 14.8 Å². The molecule has 0 saturated carbocycles. The molecule has 1 fully saturated rings. The molecule has 1 aliphatic heterocycles. The van der Waals surface area contributed by atoms with E-state index in [1.165, 1.54) is 25.6 Å². The molecule has 194 valence electrons. The first-order valence-electron chi connectivity index (χ1n) is 12.1. The Kier molecular flexibility index (Phi) is 9.95. The maximum absolute atomic E-state index is 11.7. The van der Waals surface area contributed by atoms with Crippen molar-refractivity contribution in [1.82, 2.24) is 14.9 Å². The number of aryl methyl sites for hydroxylation is 1. The molecule has 36 heavy (non-hydrogen) atoms. The minimum atomic E-state index is -0.473. The lowest BCUT2D eigenvalue weighted by molar-refractivity contribution is 0.168. The maximum atomic E-state index is 11.7. The van der Waals surface area contributed by atoms with Crippen LogP contribution in [0.4, 0.5) is 22.0 Å². The molecule has 0 atom stereocenters. The van der Waals surface area contributed by atoms with E-state index in [1.54, 1.807) is 14.0 Å². The quantitative estimate of drug-likeness (QED) is 0.383. The number of methoxy groups -OCH3 is 1. The predicted octanol–water partition coefficient (Wildman–Crippen LogP) is 5.55. The van der Waals surface area contributed by atoms with Gasteiger partial charge < -0.3 is 19.5 Å². The normalized spacial score (nSPS) is 13.5. The average molecular weight is 516 g/mol. The Labute approximate surface area is 217 Å². The molecule has 1 aromatic heterocycles. The van der Waals surface area contributed by atoms with E-state index in [-0.39, 0.29) is 12.4 Å². The Morgan fingerprint density at radius 2 is 1.89 bits per heavy atom. The molecule has 3 aromatic rings. The Balaban J connectivity index is 0.00000361. The molecule has 2 aromatic carbocycles. The lowest BCUT2D eigenvalue weighted by atomic mass is 10.1. The standard InChI is InChI=1S/C26H33N5O4.ClH/c1-4-34-26(32)30-21-9-8-19(14-18(21)2)29-25-20-15-23(33-3)24(16-22(20)27-17-28-25)35-13-12-31-10-6-5-7-11-31;/h8-9,14-17H,4-7,10-13H2,1-3H3,(H,30,32)(H,27,28,29);1H. The van der Waals surface area contributed by atoms with E-state index in [9.17, 15) is 4.79 Å². The van der Waals surface area contributed by atoms with Crippen LogP contribution in [0, 0.1) is 6.92 Å². The summed E-state index contributed by atoms with van der Waals surface area (Å²) in [6.07, 6.45) is 4.89. The lowest BCUT2D eigenvalue weighted by Gasteiger charge is -2.26. The number of ether oxygens (including phenoxy) is 3. The van der Waals surface area contributed by atoms with E-state index in [0.717, 1.165) is 41.8 Å². The Hall–Kier alpha value is -3.30. The van der Waals surface area contributed by atoms with Crippen LogP contribution >= 0.6 is 12.4 Å². The topological polar surface area (TPSA) is 97.8 Å². The molecule has 2 heterocycles. The maximum Gasteiger partial charge on any atom is 0.411 e. The molecule has 1 aliphatic rings. The van der Waals surface area contributed by atoms with Crippen molar-refractivity contribution in [2.24, 2.45) is 0 Å². The van der Waals surface area contributed by atoms with Gasteiger partial charge in [-0.2, -0.15) is 0 Å². The zero-order valence-electron chi connectivity index (χ0n) is 21.0. The first-order valence-corrected chi connectivity index (χ1v) is 12.1. The minimum absolute atomic E-state index is 0. The number of rotatable bonds is 9. The molecule has 1 saturated heterocycles. The predicted molar refractivity (Wildman–Crippen MR) is 144 cm³/mol. The number of nitrogens with one attached hydrogen (secondary N) is 2. The summed E-state index contributed by atoms with van der Waals surface area (Å²) in [4.78, 5) is 23.1. The number of likely N-dealkylation sites (tertiary alicyclic amines) is 1. The van der Waals surface area contributed by atoms with Crippen molar-refractivity contribution in [3.05, 3.63) is 42.2 Å². The van der Waals surface area contributed by atoms with Gasteiger partial charge in [0, 0.05) is 29.4 Å². The van der Waals surface area contributed by atoms with Gasteiger partial charge in [-0.05, 0) is 69.6 Å². The number of hydrogen-bond donors (Lipinski definition) is 2. The van der Waals surface area contributed by atoms with E-state index in [0.29, 0.717) is 36.2 Å². The number of aromatic nitrogens is 2. The van der Waals surface area contributed by atoms with Crippen molar-refractivity contribution in [3.8, 4) is 11.5 Å². The summed E-state index contributed by atoms with van der Waals surface area (Å²) in [5.74, 6) is 1.96. The van der Waals surface area contributed by atoms with E-state index >= 15 is 0 Å². The lowest BCUT2D eigenvalue weighted by Crippen LogP contribution is -2.33. The van der Waals surface area contributed by atoms with Gasteiger partial charge in [0.2, 0.25) is 0 Å². The first kappa shape index (κ1) is 27.3. The van der Waals surface area contributed by atoms with Crippen LogP contribution in [0.25, 0.3) is 10.9 Å². The SMILES string of the molecule is CCOC(=O)Nc1ccc(Nc2ncnc3cc(OCCN4CCCCC4)c(OC)cc23)cc1C.Cl. The van der Waals surface area contributed by atoms with Crippen LogP contribution in [0.15, 0.2) is 36.7 Å². The number of carbonyl (C=O) groups excluding carboxylic acids is 1. The number of anilines is 3. The van der Waals surface area contributed by atoms with Gasteiger partial charge in [0.25, 0.3) is 0 Å². The highest BCUT2D eigenvalue weighted by molar-refractivity contribution is 5.93. The summed E-state index contributed by atoms with van der Waals surface area (Å²) in [5, 5.41) is 6.91. The fourth-order valence-corrected chi connectivity index (χ4v) is 4.20. The molecule has 10 heteroatoms. The van der Waals surface area contributed by atoms with Crippen molar-refractivity contribution < 1.29 is 19.0 Å². The van der Waals surface area contributed by atoms with Gasteiger partial charge in [-0.1, -0.05) is 6.42 Å². The number of piperidine rings is 1. The molecule has 0 aliphatic carbocycles. The highest BCUT2D eigenvalue weighted by Crippen LogP contribution is 2.35. The molecule has 0 spiro atoms. The van der Waals surface area contributed by atoms with E-state index in [1.807, 2.05) is 37.3 Å². The van der Waals surface area contributed by atoms with E-state index in [4.69, 9.17) is 14.2 Å². The highest BCUT2D eigenvalue weighted by Gasteiger charge is 2.14. The van der Waals surface area contributed by atoms with Crippen LogP contribution in [0.5, 0.6) is 11.5 Å². The largest absolute Gasteiger partial charge is 0.493 e. The molecule has 2 N–H and O–H groups in total. The van der Waals surface area contributed by atoms with Gasteiger partial charge in [-0.3, -0.25) is 10.2 Å². The second-order valence-electron chi connectivity index (χ2n) is 8.49. The van der Waals surface area contributed by atoms with Crippen LogP contribution in [-0.4, -0.2) is 60.9 Å². The van der Waals surface area contributed by atoms with Gasteiger partial charge in [0.1, 0.15) is 18.8 Å². The summed E-state index contributed by atoms with van der Waals surface area (Å²) in [7, 11) is 1.63. The molecule has 9 nitrogen and oxygen atoms in total. The van der Waals surface area contributed by atoms with Gasteiger partial charge in [0.05, 0.1) is 19.2 Å². The number of halogens is 1. The Bertz CT molecular complexity index is 1170. The molecule has 1 amide bonds. The third kappa shape index (κ3) is 6.89. The highest BCUT2D eigenvalue weighted by atomic mass is 35.5. The number of amides is 1. The van der Waals surface area contributed by atoms with Crippen molar-refractivity contribution in [3.63, 3.8) is 0 Å². The fourth-order valence-electron chi connectivity index (χ4n) is 4.20. The minimum Gasteiger partial charge on any atom is -0.493 e. The summed E-state index contributed by atoms with van der Waals surface area (Å²) in [6.45, 7) is 7.79. The second-order valence-corrected chi connectivity index (χ2v) is 8.49. The van der Waals surface area contributed by atoms with Crippen LogP contribution in [0.2, 0.25) is 0 Å². The Morgan fingerprint density at radius 1 is 1.08 bits per heavy atom. The number of fused-ring (bicyclic) bond motifs is 1. The summed E-state index contributed by atoms with van der Waals surface area (Å²) in [6, 6.07) is 9.43. The molecule has 0 bridgehead atoms. The monoisotopic (exact) mass is 515 g/mol. The van der Waals surface area contributed by atoms with Gasteiger partial charge >= 0.3 is 6.09 Å². The molecule has 0 unspecified atom stereocenters. The number of hydrogen-bond acceptors (Lipinski definition) is 8. The van der Waals surface area contributed by atoms with E-state index < -0.39 is 6.09 Å². The molecule has 0 radical (unpaired) electrons. The van der Waals surface area contributed by atoms with Crippen molar-refractivity contribution in [2.45, 2.75) is 33.1 Å². The average Bonchev–Trinajstić information content (AvgIpc) is 2.86. The molecule has 4 rings (SSSR count). The number of benzene rings is 2.